The van der Waals surface area contributed by atoms with Gasteiger partial charge in [0.25, 0.3) is 0 Å². The lowest BCUT2D eigenvalue weighted by Crippen LogP contribution is -2.16. The van der Waals surface area contributed by atoms with E-state index in [0.29, 0.717) is 17.9 Å². The lowest BCUT2D eigenvalue weighted by atomic mass is 10.1. The van der Waals surface area contributed by atoms with E-state index in [4.69, 9.17) is 21.1 Å². The van der Waals surface area contributed by atoms with Crippen LogP contribution in [0.1, 0.15) is 27.4 Å². The van der Waals surface area contributed by atoms with Gasteiger partial charge in [0.2, 0.25) is 5.76 Å². The maximum absolute atomic E-state index is 10.9. The summed E-state index contributed by atoms with van der Waals surface area (Å²) in [7, 11) is 0. The van der Waals surface area contributed by atoms with E-state index < -0.39 is 5.97 Å². The van der Waals surface area contributed by atoms with Gasteiger partial charge in [0, 0.05) is 10.6 Å². The van der Waals surface area contributed by atoms with Gasteiger partial charge < -0.3 is 14.8 Å². The fourth-order valence-electron chi connectivity index (χ4n) is 1.94. The molecule has 0 atom stereocenters. The van der Waals surface area contributed by atoms with Gasteiger partial charge in [-0.3, -0.25) is 0 Å². The highest BCUT2D eigenvalue weighted by atomic mass is 35.5. The van der Waals surface area contributed by atoms with Crippen LogP contribution in [0.15, 0.2) is 34.7 Å². The molecule has 2 N–H and O–H groups in total. The molecule has 0 spiro atoms. The molecule has 0 unspecified atom stereocenters. The fraction of sp³-hybridized carbons (Fsp3) is 0.267. The molecule has 106 valence electrons. The zero-order valence-corrected chi connectivity index (χ0v) is 11.9. The molecule has 1 aromatic heterocycles. The van der Waals surface area contributed by atoms with E-state index in [1.54, 1.807) is 13.0 Å². The second-order valence-electron chi connectivity index (χ2n) is 4.58. The zero-order chi connectivity index (χ0) is 14.5. The van der Waals surface area contributed by atoms with Crippen molar-refractivity contribution in [1.82, 2.24) is 5.32 Å². The summed E-state index contributed by atoms with van der Waals surface area (Å²) in [6.07, 6.45) is 0.878. The zero-order valence-electron chi connectivity index (χ0n) is 11.1. The van der Waals surface area contributed by atoms with Crippen molar-refractivity contribution in [1.29, 1.82) is 0 Å². The Kier molecular flexibility index (Phi) is 4.82. The molecule has 0 aliphatic rings. The molecule has 0 bridgehead atoms. The first-order chi connectivity index (χ1) is 9.56. The molecule has 1 heterocycles. The minimum atomic E-state index is -1.03. The number of aromatic carboxylic acids is 1. The van der Waals surface area contributed by atoms with Gasteiger partial charge in [0.05, 0.1) is 6.54 Å². The number of benzene rings is 1. The molecule has 0 fully saturated rings. The van der Waals surface area contributed by atoms with Crippen LogP contribution >= 0.6 is 11.6 Å². The van der Waals surface area contributed by atoms with Gasteiger partial charge in [-0.05, 0) is 43.7 Å². The highest BCUT2D eigenvalue weighted by molar-refractivity contribution is 6.30. The highest BCUT2D eigenvalue weighted by Crippen LogP contribution is 2.14. The van der Waals surface area contributed by atoms with Gasteiger partial charge in [-0.15, -0.1) is 0 Å². The van der Waals surface area contributed by atoms with Crippen LogP contribution in [0.2, 0.25) is 5.02 Å². The molecule has 2 aromatic rings. The molecule has 1 aromatic carbocycles. The van der Waals surface area contributed by atoms with Crippen LogP contribution in [0.5, 0.6) is 0 Å². The third-order valence-electron chi connectivity index (χ3n) is 2.97. The van der Waals surface area contributed by atoms with Gasteiger partial charge in [-0.25, -0.2) is 4.79 Å². The summed E-state index contributed by atoms with van der Waals surface area (Å²) in [5.74, 6) is -0.384. The van der Waals surface area contributed by atoms with E-state index in [1.807, 2.05) is 24.3 Å². The Balaban J connectivity index is 1.80. The van der Waals surface area contributed by atoms with Gasteiger partial charge in [0.1, 0.15) is 5.76 Å². The molecular weight excluding hydrogens is 278 g/mol. The molecule has 0 aliphatic carbocycles. The summed E-state index contributed by atoms with van der Waals surface area (Å²) in [5.41, 5.74) is 1.84. The summed E-state index contributed by atoms with van der Waals surface area (Å²) in [6.45, 7) is 3.02. The standard InChI is InChI=1S/C15H16ClNO3/c1-10-8-13(20-14(10)15(18)19)9-17-7-6-11-2-4-12(16)5-3-11/h2-5,8,17H,6-7,9H2,1H3,(H,18,19). The van der Waals surface area contributed by atoms with Crippen LogP contribution in [0, 0.1) is 6.92 Å². The van der Waals surface area contributed by atoms with Crippen molar-refractivity contribution >= 4 is 17.6 Å². The van der Waals surface area contributed by atoms with E-state index >= 15 is 0 Å². The van der Waals surface area contributed by atoms with Gasteiger partial charge in [-0.2, -0.15) is 0 Å². The van der Waals surface area contributed by atoms with Crippen molar-refractivity contribution in [3.63, 3.8) is 0 Å². The Hall–Kier alpha value is -1.78. The molecule has 0 radical (unpaired) electrons. The van der Waals surface area contributed by atoms with E-state index in [-0.39, 0.29) is 5.76 Å². The summed E-state index contributed by atoms with van der Waals surface area (Å²) in [4.78, 5) is 10.9. The molecule has 20 heavy (non-hydrogen) atoms. The Bertz CT molecular complexity index is 590. The van der Waals surface area contributed by atoms with Gasteiger partial charge in [0.15, 0.2) is 0 Å². The Morgan fingerprint density at radius 3 is 2.65 bits per heavy atom. The van der Waals surface area contributed by atoms with Crippen molar-refractivity contribution in [3.05, 3.63) is 58.0 Å². The van der Waals surface area contributed by atoms with Crippen LogP contribution < -0.4 is 5.32 Å². The predicted molar refractivity (Wildman–Crippen MR) is 77.3 cm³/mol. The lowest BCUT2D eigenvalue weighted by Gasteiger charge is -2.03. The van der Waals surface area contributed by atoms with Crippen LogP contribution in [-0.2, 0) is 13.0 Å². The average molecular weight is 294 g/mol. The third kappa shape index (κ3) is 3.85. The Morgan fingerprint density at radius 1 is 1.35 bits per heavy atom. The van der Waals surface area contributed by atoms with Crippen LogP contribution in [0.25, 0.3) is 0 Å². The Labute approximate surface area is 122 Å². The number of nitrogens with one attached hydrogen (secondary N) is 1. The molecule has 2 rings (SSSR count). The fourth-order valence-corrected chi connectivity index (χ4v) is 2.07. The van der Waals surface area contributed by atoms with E-state index in [2.05, 4.69) is 5.32 Å². The normalized spacial score (nSPS) is 10.7. The number of rotatable bonds is 6. The lowest BCUT2D eigenvalue weighted by molar-refractivity contribution is 0.0659. The number of carboxylic acids is 1. The third-order valence-corrected chi connectivity index (χ3v) is 3.22. The number of furan rings is 1. The molecule has 0 aliphatic heterocycles. The first-order valence-electron chi connectivity index (χ1n) is 6.34. The number of halogens is 1. The van der Waals surface area contributed by atoms with E-state index in [1.165, 1.54) is 5.56 Å². The monoisotopic (exact) mass is 293 g/mol. The second kappa shape index (κ2) is 6.59. The average Bonchev–Trinajstić information content (AvgIpc) is 2.78. The summed E-state index contributed by atoms with van der Waals surface area (Å²) >= 11 is 5.82. The first-order valence-corrected chi connectivity index (χ1v) is 6.72. The van der Waals surface area contributed by atoms with E-state index in [9.17, 15) is 4.79 Å². The minimum Gasteiger partial charge on any atom is -0.475 e. The number of carbonyl (C=O) groups is 1. The maximum Gasteiger partial charge on any atom is 0.372 e. The molecule has 0 saturated heterocycles. The van der Waals surface area contributed by atoms with Gasteiger partial charge in [-0.1, -0.05) is 23.7 Å². The SMILES string of the molecule is Cc1cc(CNCCc2ccc(Cl)cc2)oc1C(=O)O. The molecule has 0 amide bonds. The first kappa shape index (κ1) is 14.6. The van der Waals surface area contributed by atoms with Crippen molar-refractivity contribution in [2.24, 2.45) is 0 Å². The largest absolute Gasteiger partial charge is 0.475 e. The summed E-state index contributed by atoms with van der Waals surface area (Å²) in [6, 6.07) is 9.46. The summed E-state index contributed by atoms with van der Waals surface area (Å²) < 4.78 is 5.26. The number of aryl methyl sites for hydroxylation is 1. The van der Waals surface area contributed by atoms with Gasteiger partial charge >= 0.3 is 5.97 Å². The van der Waals surface area contributed by atoms with Crippen LogP contribution in [-0.4, -0.2) is 17.6 Å². The number of hydrogen-bond donors (Lipinski definition) is 2. The van der Waals surface area contributed by atoms with Crippen LogP contribution in [0.4, 0.5) is 0 Å². The van der Waals surface area contributed by atoms with Crippen molar-refractivity contribution in [3.8, 4) is 0 Å². The molecule has 4 nitrogen and oxygen atoms in total. The van der Waals surface area contributed by atoms with Crippen molar-refractivity contribution < 1.29 is 14.3 Å². The maximum atomic E-state index is 10.9. The minimum absolute atomic E-state index is 0.0134. The quantitative estimate of drug-likeness (QED) is 0.802. The molecule has 0 saturated carbocycles. The topological polar surface area (TPSA) is 62.5 Å². The second-order valence-corrected chi connectivity index (χ2v) is 5.02. The van der Waals surface area contributed by atoms with Crippen LogP contribution in [0.3, 0.4) is 0 Å². The number of hydrogen-bond acceptors (Lipinski definition) is 3. The Morgan fingerprint density at radius 2 is 2.05 bits per heavy atom. The van der Waals surface area contributed by atoms with Crippen molar-refractivity contribution in [2.45, 2.75) is 19.9 Å². The summed E-state index contributed by atoms with van der Waals surface area (Å²) in [5, 5.41) is 12.9. The van der Waals surface area contributed by atoms with Crippen molar-refractivity contribution in [2.75, 3.05) is 6.54 Å². The smallest absolute Gasteiger partial charge is 0.372 e. The number of carboxylic acid groups (broad SMARTS) is 1. The highest BCUT2D eigenvalue weighted by Gasteiger charge is 2.13. The predicted octanol–water partition coefficient (Wildman–Crippen LogP) is 3.27. The molecular formula is C15H16ClNO3. The van der Waals surface area contributed by atoms with E-state index in [0.717, 1.165) is 18.0 Å². The molecule has 5 heteroatoms.